The third-order valence-electron chi connectivity index (χ3n) is 5.21. The van der Waals surface area contributed by atoms with Crippen molar-refractivity contribution in [3.05, 3.63) is 59.2 Å². The summed E-state index contributed by atoms with van der Waals surface area (Å²) in [5, 5.41) is 15.0. The van der Waals surface area contributed by atoms with Crippen LogP contribution in [0.3, 0.4) is 0 Å². The highest BCUT2D eigenvalue weighted by atomic mass is 16.5. The molecular weight excluding hydrogens is 384 g/mol. The lowest BCUT2D eigenvalue weighted by Gasteiger charge is -2.22. The Kier molecular flexibility index (Phi) is 6.72. The van der Waals surface area contributed by atoms with Gasteiger partial charge in [-0.25, -0.2) is 5.01 Å². The lowest BCUT2D eigenvalue weighted by molar-refractivity contribution is -0.141. The summed E-state index contributed by atoms with van der Waals surface area (Å²) in [6.07, 6.45) is 1.08. The van der Waals surface area contributed by atoms with E-state index in [4.69, 9.17) is 14.6 Å². The van der Waals surface area contributed by atoms with Gasteiger partial charge < -0.3 is 14.6 Å². The molecule has 1 aliphatic rings. The molecule has 1 heterocycles. The van der Waals surface area contributed by atoms with Crippen molar-refractivity contribution in [2.75, 3.05) is 14.2 Å². The molecule has 0 fully saturated rings. The van der Waals surface area contributed by atoms with E-state index in [9.17, 15) is 9.59 Å². The minimum absolute atomic E-state index is 0.106. The number of benzene rings is 2. The van der Waals surface area contributed by atoms with Crippen LogP contribution in [0.4, 0.5) is 0 Å². The number of aliphatic carboxylic acids is 1. The van der Waals surface area contributed by atoms with Gasteiger partial charge in [-0.3, -0.25) is 9.59 Å². The fraction of sp³-hybridized carbons (Fsp3) is 0.348. The zero-order valence-electron chi connectivity index (χ0n) is 17.4. The second-order valence-corrected chi connectivity index (χ2v) is 7.06. The van der Waals surface area contributed by atoms with Gasteiger partial charge in [0, 0.05) is 18.4 Å². The first-order valence-corrected chi connectivity index (χ1v) is 9.89. The Morgan fingerprint density at radius 3 is 2.43 bits per heavy atom. The molecule has 0 radical (unpaired) electrons. The molecule has 0 bridgehead atoms. The first-order chi connectivity index (χ1) is 14.5. The molecule has 3 rings (SSSR count). The summed E-state index contributed by atoms with van der Waals surface area (Å²) in [6.45, 7) is 2.09. The fourth-order valence-electron chi connectivity index (χ4n) is 3.51. The summed E-state index contributed by atoms with van der Waals surface area (Å²) < 4.78 is 10.8. The second kappa shape index (κ2) is 9.43. The van der Waals surface area contributed by atoms with Crippen molar-refractivity contribution in [1.82, 2.24) is 5.01 Å². The molecule has 2 aromatic rings. The van der Waals surface area contributed by atoms with Crippen LogP contribution in [0.2, 0.25) is 0 Å². The van der Waals surface area contributed by atoms with Crippen LogP contribution in [0.5, 0.6) is 11.5 Å². The summed E-state index contributed by atoms with van der Waals surface area (Å²) >= 11 is 0. The number of aryl methyl sites for hydroxylation is 1. The molecule has 1 aliphatic heterocycles. The molecule has 7 nitrogen and oxygen atoms in total. The quantitative estimate of drug-likeness (QED) is 0.715. The first-order valence-electron chi connectivity index (χ1n) is 9.89. The van der Waals surface area contributed by atoms with Gasteiger partial charge in [-0.1, -0.05) is 31.2 Å². The van der Waals surface area contributed by atoms with Crippen molar-refractivity contribution in [1.29, 1.82) is 0 Å². The Balaban J connectivity index is 1.98. The van der Waals surface area contributed by atoms with E-state index < -0.39 is 5.97 Å². The Morgan fingerprint density at radius 1 is 1.10 bits per heavy atom. The Morgan fingerprint density at radius 2 is 1.83 bits per heavy atom. The van der Waals surface area contributed by atoms with E-state index in [1.54, 1.807) is 26.4 Å². The van der Waals surface area contributed by atoms with Crippen molar-refractivity contribution < 1.29 is 24.2 Å². The fourth-order valence-corrected chi connectivity index (χ4v) is 3.51. The monoisotopic (exact) mass is 410 g/mol. The molecule has 1 unspecified atom stereocenters. The van der Waals surface area contributed by atoms with Crippen LogP contribution in [0.25, 0.3) is 0 Å². The van der Waals surface area contributed by atoms with E-state index in [1.165, 1.54) is 10.6 Å². The molecular formula is C23H26N2O5. The van der Waals surface area contributed by atoms with Gasteiger partial charge in [0.15, 0.2) is 0 Å². The van der Waals surface area contributed by atoms with Crippen molar-refractivity contribution in [3.63, 3.8) is 0 Å². The molecule has 1 amide bonds. The van der Waals surface area contributed by atoms with Crippen LogP contribution in [0.1, 0.15) is 48.9 Å². The van der Waals surface area contributed by atoms with E-state index >= 15 is 0 Å². The summed E-state index contributed by atoms with van der Waals surface area (Å²) in [7, 11) is 3.17. The molecule has 1 N–H and O–H groups in total. The highest BCUT2D eigenvalue weighted by Gasteiger charge is 2.34. The lowest BCUT2D eigenvalue weighted by Crippen LogP contribution is -2.27. The van der Waals surface area contributed by atoms with Crippen LogP contribution >= 0.6 is 0 Å². The summed E-state index contributed by atoms with van der Waals surface area (Å²) in [5.74, 6) is -0.0358. The number of methoxy groups -OCH3 is 2. The molecule has 2 aromatic carbocycles. The van der Waals surface area contributed by atoms with Crippen LogP contribution in [0.15, 0.2) is 47.6 Å². The third kappa shape index (κ3) is 4.62. The van der Waals surface area contributed by atoms with Crippen LogP contribution in [0, 0.1) is 0 Å². The molecule has 0 aromatic heterocycles. The predicted octanol–water partition coefficient (Wildman–Crippen LogP) is 3.81. The van der Waals surface area contributed by atoms with Gasteiger partial charge >= 0.3 is 5.97 Å². The zero-order valence-corrected chi connectivity index (χ0v) is 17.4. The van der Waals surface area contributed by atoms with E-state index in [2.05, 4.69) is 12.0 Å². The summed E-state index contributed by atoms with van der Waals surface area (Å²) in [4.78, 5) is 23.8. The van der Waals surface area contributed by atoms with E-state index in [-0.39, 0.29) is 24.8 Å². The van der Waals surface area contributed by atoms with Crippen molar-refractivity contribution in [2.45, 2.75) is 38.6 Å². The highest BCUT2D eigenvalue weighted by Crippen LogP contribution is 2.36. The lowest BCUT2D eigenvalue weighted by atomic mass is 9.96. The number of carbonyl (C=O) groups excluding carboxylic acids is 1. The first kappa shape index (κ1) is 21.4. The van der Waals surface area contributed by atoms with Gasteiger partial charge in [-0.2, -0.15) is 5.10 Å². The molecule has 0 spiro atoms. The number of amides is 1. The van der Waals surface area contributed by atoms with Gasteiger partial charge in [0.2, 0.25) is 5.91 Å². The Bertz CT molecular complexity index is 953. The maximum Gasteiger partial charge on any atom is 0.303 e. The van der Waals surface area contributed by atoms with Crippen molar-refractivity contribution >= 4 is 17.6 Å². The van der Waals surface area contributed by atoms with E-state index in [0.29, 0.717) is 23.6 Å². The Labute approximate surface area is 175 Å². The number of rotatable bonds is 8. The normalized spacial score (nSPS) is 15.6. The van der Waals surface area contributed by atoms with E-state index in [0.717, 1.165) is 17.5 Å². The minimum atomic E-state index is -1.01. The SMILES string of the molecule is CCc1ccc(C2CC(c3cc(OC)ccc3OC)=NN2C(=O)CCC(=O)O)cc1. The van der Waals surface area contributed by atoms with Gasteiger partial charge in [0.1, 0.15) is 11.5 Å². The summed E-state index contributed by atoms with van der Waals surface area (Å²) in [6, 6.07) is 13.2. The van der Waals surface area contributed by atoms with Crippen molar-refractivity contribution in [3.8, 4) is 11.5 Å². The third-order valence-corrected chi connectivity index (χ3v) is 5.21. The smallest absolute Gasteiger partial charge is 0.303 e. The highest BCUT2D eigenvalue weighted by molar-refractivity contribution is 6.05. The maximum absolute atomic E-state index is 12.8. The molecule has 1 atom stereocenters. The molecule has 0 saturated carbocycles. The van der Waals surface area contributed by atoms with Gasteiger partial charge in [-0.15, -0.1) is 0 Å². The number of ether oxygens (including phenoxy) is 2. The van der Waals surface area contributed by atoms with Crippen LogP contribution in [-0.2, 0) is 16.0 Å². The molecule has 158 valence electrons. The molecule has 0 saturated heterocycles. The summed E-state index contributed by atoms with van der Waals surface area (Å²) in [5.41, 5.74) is 3.60. The average Bonchev–Trinajstić information content (AvgIpc) is 3.22. The second-order valence-electron chi connectivity index (χ2n) is 7.06. The van der Waals surface area contributed by atoms with Gasteiger partial charge in [-0.05, 0) is 35.7 Å². The van der Waals surface area contributed by atoms with Gasteiger partial charge in [0.05, 0.1) is 32.4 Å². The molecule has 0 aliphatic carbocycles. The zero-order chi connectivity index (χ0) is 21.7. The number of carboxylic acid groups (broad SMARTS) is 1. The number of hydrogen-bond donors (Lipinski definition) is 1. The molecule has 7 heteroatoms. The average molecular weight is 410 g/mol. The topological polar surface area (TPSA) is 88.4 Å². The minimum Gasteiger partial charge on any atom is -0.497 e. The van der Waals surface area contributed by atoms with Gasteiger partial charge in [0.25, 0.3) is 0 Å². The standard InChI is InChI=1S/C23H26N2O5/c1-4-15-5-7-16(8-6-15)20-14-19(24-25(20)22(26)11-12-23(27)28)18-13-17(29-2)9-10-21(18)30-3/h5-10,13,20H,4,11-12,14H2,1-3H3,(H,27,28). The van der Waals surface area contributed by atoms with E-state index in [1.807, 2.05) is 30.3 Å². The number of carbonyl (C=O) groups is 2. The number of hydrogen-bond acceptors (Lipinski definition) is 5. The predicted molar refractivity (Wildman–Crippen MR) is 113 cm³/mol. The molecule has 30 heavy (non-hydrogen) atoms. The van der Waals surface area contributed by atoms with Crippen LogP contribution in [-0.4, -0.2) is 41.9 Å². The van der Waals surface area contributed by atoms with Crippen LogP contribution < -0.4 is 9.47 Å². The Hall–Kier alpha value is -3.35. The number of hydrazone groups is 1. The largest absolute Gasteiger partial charge is 0.497 e. The maximum atomic E-state index is 12.8. The number of carboxylic acids is 1. The van der Waals surface area contributed by atoms with Crippen molar-refractivity contribution in [2.24, 2.45) is 5.10 Å². The number of nitrogens with zero attached hydrogens (tertiary/aromatic N) is 2.